The number of fused-ring (bicyclic) bond motifs is 1. The van der Waals surface area contributed by atoms with Crippen molar-refractivity contribution in [2.24, 2.45) is 0 Å². The Morgan fingerprint density at radius 1 is 1.15 bits per heavy atom. The highest BCUT2D eigenvalue weighted by molar-refractivity contribution is 7.89. The molecule has 0 unspecified atom stereocenters. The van der Waals surface area contributed by atoms with E-state index in [1.54, 1.807) is 41.0 Å². The number of carbonyl (C=O) groups is 2. The summed E-state index contributed by atoms with van der Waals surface area (Å²) >= 11 is 6.29. The van der Waals surface area contributed by atoms with Crippen LogP contribution in [0.3, 0.4) is 0 Å². The normalized spacial score (nSPS) is 13.9. The van der Waals surface area contributed by atoms with Gasteiger partial charge in [0.1, 0.15) is 5.69 Å². The molecule has 0 atom stereocenters. The van der Waals surface area contributed by atoms with Crippen molar-refractivity contribution < 1.29 is 18.0 Å². The number of benzene rings is 2. The Balaban J connectivity index is 2.06. The number of Topliss-reactive ketones (excluding diaryl/α,β-unsaturated/α-hetero) is 1. The number of hydrogen-bond acceptors (Lipinski definition) is 4. The summed E-state index contributed by atoms with van der Waals surface area (Å²) in [5, 5.41) is 1.06. The summed E-state index contributed by atoms with van der Waals surface area (Å²) < 4.78 is 27.7. The van der Waals surface area contributed by atoms with Crippen molar-refractivity contribution >= 4 is 49.8 Å². The van der Waals surface area contributed by atoms with Gasteiger partial charge in [-0.25, -0.2) is 13.1 Å². The van der Waals surface area contributed by atoms with Gasteiger partial charge in [0.15, 0.2) is 5.78 Å². The third-order valence-corrected chi connectivity index (χ3v) is 6.41. The fourth-order valence-electron chi connectivity index (χ4n) is 4.18. The summed E-state index contributed by atoms with van der Waals surface area (Å²) in [6.45, 7) is 4.30. The van der Waals surface area contributed by atoms with Crippen LogP contribution < -0.4 is 4.72 Å². The van der Waals surface area contributed by atoms with Crippen LogP contribution in [0, 0.1) is 13.8 Å². The monoisotopic (exact) mass is 482 g/mol. The summed E-state index contributed by atoms with van der Waals surface area (Å²) in [7, 11) is -3.84. The molecule has 0 aliphatic heterocycles. The first-order chi connectivity index (χ1) is 15.5. The Kier molecular flexibility index (Phi) is 6.03. The molecule has 1 heterocycles. The summed E-state index contributed by atoms with van der Waals surface area (Å²) in [4.78, 5) is 26.2. The molecule has 0 spiro atoms. The van der Waals surface area contributed by atoms with Crippen LogP contribution in [0.15, 0.2) is 54.6 Å². The number of rotatable bonds is 5. The highest BCUT2D eigenvalue weighted by Gasteiger charge is 2.29. The summed E-state index contributed by atoms with van der Waals surface area (Å²) in [5.41, 5.74) is 4.63. The van der Waals surface area contributed by atoms with E-state index in [2.05, 4.69) is 4.72 Å². The zero-order valence-electron chi connectivity index (χ0n) is 18.5. The molecule has 1 N–H and O–H groups in total. The van der Waals surface area contributed by atoms with E-state index in [9.17, 15) is 18.0 Å². The molecule has 8 heteroatoms. The molecule has 170 valence electrons. The molecule has 4 rings (SSSR count). The average Bonchev–Trinajstić information content (AvgIpc) is 3.02. The number of carbonyl (C=O) groups excluding carboxylic acids is 2. The molecule has 0 bridgehead atoms. The minimum Gasteiger partial charge on any atom is -0.331 e. The van der Waals surface area contributed by atoms with E-state index in [0.29, 0.717) is 33.6 Å². The number of sulfonamides is 1. The highest BCUT2D eigenvalue weighted by atomic mass is 35.5. The van der Waals surface area contributed by atoms with E-state index in [0.717, 1.165) is 22.9 Å². The molecule has 1 aromatic heterocycles. The fourth-order valence-corrected chi connectivity index (χ4v) is 4.78. The van der Waals surface area contributed by atoms with E-state index in [-0.39, 0.29) is 17.9 Å². The molecule has 6 nitrogen and oxygen atoms in total. The van der Waals surface area contributed by atoms with Gasteiger partial charge in [0.2, 0.25) is 10.0 Å². The van der Waals surface area contributed by atoms with Crippen molar-refractivity contribution in [1.29, 1.82) is 0 Å². The maximum absolute atomic E-state index is 13.3. The van der Waals surface area contributed by atoms with Crippen molar-refractivity contribution in [2.45, 2.75) is 26.8 Å². The minimum atomic E-state index is -3.84. The van der Waals surface area contributed by atoms with Crippen LogP contribution in [-0.2, 0) is 21.4 Å². The number of nitrogens with zero attached hydrogens (tertiary/aromatic N) is 1. The van der Waals surface area contributed by atoms with Gasteiger partial charge >= 0.3 is 0 Å². The topological polar surface area (TPSA) is 85.2 Å². The summed E-state index contributed by atoms with van der Waals surface area (Å²) in [6, 6.07) is 11.2. The van der Waals surface area contributed by atoms with E-state index < -0.39 is 15.9 Å². The number of hydrogen-bond donors (Lipinski definition) is 1. The maximum atomic E-state index is 13.3. The second kappa shape index (κ2) is 8.65. The van der Waals surface area contributed by atoms with Gasteiger partial charge in [-0.1, -0.05) is 53.6 Å². The zero-order chi connectivity index (χ0) is 23.9. The Hall–Kier alpha value is -3.16. The predicted octanol–water partition coefficient (Wildman–Crippen LogP) is 4.56. The molecule has 0 saturated carbocycles. The second-order valence-electron chi connectivity index (χ2n) is 8.24. The third-order valence-electron chi connectivity index (χ3n) is 5.62. The van der Waals surface area contributed by atoms with Crippen LogP contribution in [-0.4, -0.2) is 30.9 Å². The average molecular weight is 483 g/mol. The molecule has 1 amide bonds. The maximum Gasteiger partial charge on any atom is 0.282 e. The van der Waals surface area contributed by atoms with Crippen LogP contribution in [0.1, 0.15) is 39.2 Å². The Labute approximate surface area is 197 Å². The molecule has 33 heavy (non-hydrogen) atoms. The standard InChI is InChI=1S/C25H23ClN2O4S/c1-15-8-9-17(16(2)12-15)14-28-21-11-10-18(26)13-20(21)23(19-6-4-5-7-22(19)29)24(28)25(30)27-33(3,31)32/h4-6,8-13H,7,14H2,1-3H3,(H,27,30). The van der Waals surface area contributed by atoms with Gasteiger partial charge in [-0.2, -0.15) is 0 Å². The molecule has 3 aromatic rings. The molecule has 0 fully saturated rings. The number of allylic oxidation sites excluding steroid dienone is 4. The number of aryl methyl sites for hydroxylation is 2. The van der Waals surface area contributed by atoms with Crippen molar-refractivity contribution in [3.05, 3.63) is 87.6 Å². The molecular weight excluding hydrogens is 460 g/mol. The Bertz CT molecular complexity index is 1480. The highest BCUT2D eigenvalue weighted by Crippen LogP contribution is 2.36. The van der Waals surface area contributed by atoms with Gasteiger partial charge in [0.25, 0.3) is 5.91 Å². The zero-order valence-corrected chi connectivity index (χ0v) is 20.0. The van der Waals surface area contributed by atoms with Gasteiger partial charge in [0.05, 0.1) is 6.26 Å². The van der Waals surface area contributed by atoms with E-state index >= 15 is 0 Å². The van der Waals surface area contributed by atoms with Crippen LogP contribution in [0.25, 0.3) is 16.5 Å². The van der Waals surface area contributed by atoms with Gasteiger partial charge in [-0.15, -0.1) is 0 Å². The molecule has 0 saturated heterocycles. The Morgan fingerprint density at radius 2 is 1.91 bits per heavy atom. The van der Waals surface area contributed by atoms with Crippen molar-refractivity contribution in [3.63, 3.8) is 0 Å². The van der Waals surface area contributed by atoms with Crippen molar-refractivity contribution in [2.75, 3.05) is 6.26 Å². The van der Waals surface area contributed by atoms with Crippen molar-refractivity contribution in [3.8, 4) is 0 Å². The van der Waals surface area contributed by atoms with Crippen LogP contribution in [0.2, 0.25) is 5.02 Å². The number of ketones is 1. The molecule has 2 aromatic carbocycles. The largest absolute Gasteiger partial charge is 0.331 e. The fraction of sp³-hybridized carbons (Fsp3) is 0.200. The molecule has 1 aliphatic carbocycles. The van der Waals surface area contributed by atoms with Gasteiger partial charge in [0, 0.05) is 40.0 Å². The van der Waals surface area contributed by atoms with Gasteiger partial charge < -0.3 is 4.57 Å². The quantitative estimate of drug-likeness (QED) is 0.577. The summed E-state index contributed by atoms with van der Waals surface area (Å²) in [6.07, 6.45) is 6.27. The van der Waals surface area contributed by atoms with E-state index in [1.807, 2.05) is 32.0 Å². The smallest absolute Gasteiger partial charge is 0.282 e. The number of aromatic nitrogens is 1. The lowest BCUT2D eigenvalue weighted by molar-refractivity contribution is -0.113. The van der Waals surface area contributed by atoms with Gasteiger partial charge in [-0.05, 0) is 43.2 Å². The van der Waals surface area contributed by atoms with Crippen LogP contribution >= 0.6 is 11.6 Å². The van der Waals surface area contributed by atoms with Gasteiger partial charge in [-0.3, -0.25) is 9.59 Å². The number of amides is 1. The number of nitrogens with one attached hydrogen (secondary N) is 1. The third kappa shape index (κ3) is 4.65. The lowest BCUT2D eigenvalue weighted by atomic mass is 9.93. The Morgan fingerprint density at radius 3 is 2.58 bits per heavy atom. The second-order valence-corrected chi connectivity index (χ2v) is 10.4. The van der Waals surface area contributed by atoms with E-state index in [4.69, 9.17) is 11.6 Å². The van der Waals surface area contributed by atoms with E-state index in [1.165, 1.54) is 0 Å². The lowest BCUT2D eigenvalue weighted by Crippen LogP contribution is -2.32. The number of halogens is 1. The first-order valence-electron chi connectivity index (χ1n) is 10.4. The molecule has 1 aliphatic rings. The summed E-state index contributed by atoms with van der Waals surface area (Å²) in [5.74, 6) is -0.954. The minimum absolute atomic E-state index is 0.104. The van der Waals surface area contributed by atoms with Crippen LogP contribution in [0.4, 0.5) is 0 Å². The predicted molar refractivity (Wildman–Crippen MR) is 131 cm³/mol. The first kappa shape index (κ1) is 23.0. The van der Waals surface area contributed by atoms with Crippen LogP contribution in [0.5, 0.6) is 0 Å². The SMILES string of the molecule is Cc1ccc(Cn2c(C(=O)NS(C)(=O)=O)c(C3=CC=CCC3=O)c3cc(Cl)ccc32)c(C)c1. The molecular formula is C25H23ClN2O4S. The molecule has 0 radical (unpaired) electrons. The lowest BCUT2D eigenvalue weighted by Gasteiger charge is -2.15. The first-order valence-corrected chi connectivity index (χ1v) is 12.6. The van der Waals surface area contributed by atoms with Crippen molar-refractivity contribution in [1.82, 2.24) is 9.29 Å².